The van der Waals surface area contributed by atoms with E-state index < -0.39 is 10.0 Å². The first-order valence-corrected chi connectivity index (χ1v) is 12.6. The SMILES string of the molecule is COc1ccc(CN(C)C(=O)c2ccc(CN(c3cccc(Cl)c3)S(C)(=O)=O)cc2)cc1OC. The summed E-state index contributed by atoms with van der Waals surface area (Å²) < 4.78 is 36.6. The standard InChI is InChI=1S/C25H27ClN2O5S/c1-27(16-19-10-13-23(32-2)24(14-19)33-3)25(29)20-11-8-18(9-12-20)17-28(34(4,30)31)22-7-5-6-21(26)15-22/h5-15H,16-17H2,1-4H3. The minimum atomic E-state index is -3.54. The average molecular weight is 503 g/mol. The van der Waals surface area contributed by atoms with E-state index in [1.807, 2.05) is 12.1 Å². The van der Waals surface area contributed by atoms with E-state index in [2.05, 4.69) is 0 Å². The molecule has 0 saturated carbocycles. The van der Waals surface area contributed by atoms with Gasteiger partial charge >= 0.3 is 0 Å². The Balaban J connectivity index is 1.73. The first-order valence-electron chi connectivity index (χ1n) is 10.4. The second kappa shape index (κ2) is 10.8. The van der Waals surface area contributed by atoms with Gasteiger partial charge in [-0.05, 0) is 53.6 Å². The van der Waals surface area contributed by atoms with Crippen molar-refractivity contribution in [2.75, 3.05) is 31.8 Å². The fraction of sp³-hybridized carbons (Fsp3) is 0.240. The van der Waals surface area contributed by atoms with Gasteiger partial charge in [-0.2, -0.15) is 0 Å². The summed E-state index contributed by atoms with van der Waals surface area (Å²) in [5, 5.41) is 0.449. The lowest BCUT2D eigenvalue weighted by Gasteiger charge is -2.23. The minimum absolute atomic E-state index is 0.120. The van der Waals surface area contributed by atoms with Crippen molar-refractivity contribution in [3.8, 4) is 11.5 Å². The Morgan fingerprint density at radius 2 is 1.53 bits per heavy atom. The van der Waals surface area contributed by atoms with Crippen LogP contribution in [0.2, 0.25) is 5.02 Å². The van der Waals surface area contributed by atoms with Crippen molar-refractivity contribution >= 4 is 33.2 Å². The summed E-state index contributed by atoms with van der Waals surface area (Å²) in [6.45, 7) is 0.507. The van der Waals surface area contributed by atoms with Crippen LogP contribution in [0.4, 0.5) is 5.69 Å². The van der Waals surface area contributed by atoms with Gasteiger partial charge in [-0.15, -0.1) is 0 Å². The number of amides is 1. The van der Waals surface area contributed by atoms with E-state index in [0.29, 0.717) is 34.3 Å². The summed E-state index contributed by atoms with van der Waals surface area (Å²) in [4.78, 5) is 14.5. The molecular weight excluding hydrogens is 476 g/mol. The summed E-state index contributed by atoms with van der Waals surface area (Å²) >= 11 is 6.04. The van der Waals surface area contributed by atoms with Gasteiger partial charge in [-0.1, -0.05) is 35.9 Å². The maximum atomic E-state index is 12.9. The van der Waals surface area contributed by atoms with Crippen molar-refractivity contribution in [1.82, 2.24) is 4.90 Å². The molecule has 3 aromatic carbocycles. The smallest absolute Gasteiger partial charge is 0.253 e. The minimum Gasteiger partial charge on any atom is -0.493 e. The molecule has 3 aromatic rings. The highest BCUT2D eigenvalue weighted by Crippen LogP contribution is 2.28. The number of methoxy groups -OCH3 is 2. The van der Waals surface area contributed by atoms with Crippen LogP contribution in [-0.4, -0.2) is 46.7 Å². The molecule has 0 saturated heterocycles. The van der Waals surface area contributed by atoms with Gasteiger partial charge in [0.1, 0.15) is 0 Å². The number of halogens is 1. The molecule has 0 heterocycles. The van der Waals surface area contributed by atoms with Crippen LogP contribution in [-0.2, 0) is 23.1 Å². The van der Waals surface area contributed by atoms with Gasteiger partial charge in [0.15, 0.2) is 11.5 Å². The van der Waals surface area contributed by atoms with Crippen molar-refractivity contribution in [3.63, 3.8) is 0 Å². The zero-order valence-corrected chi connectivity index (χ0v) is 21.1. The normalized spacial score (nSPS) is 11.1. The molecule has 0 fully saturated rings. The zero-order valence-electron chi connectivity index (χ0n) is 19.5. The van der Waals surface area contributed by atoms with Gasteiger partial charge in [-0.25, -0.2) is 8.42 Å². The molecular formula is C25H27ClN2O5S. The highest BCUT2D eigenvalue weighted by atomic mass is 35.5. The number of anilines is 1. The molecule has 0 aliphatic rings. The molecule has 9 heteroatoms. The van der Waals surface area contributed by atoms with E-state index in [4.69, 9.17) is 21.1 Å². The van der Waals surface area contributed by atoms with E-state index >= 15 is 0 Å². The maximum absolute atomic E-state index is 12.9. The van der Waals surface area contributed by atoms with Crippen LogP contribution in [0.5, 0.6) is 11.5 Å². The molecule has 0 radical (unpaired) electrons. The third kappa shape index (κ3) is 6.21. The van der Waals surface area contributed by atoms with Crippen LogP contribution in [0, 0.1) is 0 Å². The number of nitrogens with zero attached hydrogens (tertiary/aromatic N) is 2. The third-order valence-electron chi connectivity index (χ3n) is 5.24. The van der Waals surface area contributed by atoms with Crippen molar-refractivity contribution in [2.45, 2.75) is 13.1 Å². The Labute approximate surface area is 205 Å². The van der Waals surface area contributed by atoms with Crippen molar-refractivity contribution in [1.29, 1.82) is 0 Å². The summed E-state index contributed by atoms with van der Waals surface area (Å²) in [7, 11) is 1.32. The molecule has 0 atom stereocenters. The first kappa shape index (κ1) is 25.4. The third-order valence-corrected chi connectivity index (χ3v) is 6.61. The number of carbonyl (C=O) groups excluding carboxylic acids is 1. The predicted octanol–water partition coefficient (Wildman–Crippen LogP) is 4.60. The van der Waals surface area contributed by atoms with E-state index in [0.717, 1.165) is 17.4 Å². The van der Waals surface area contributed by atoms with E-state index in [1.165, 1.54) is 4.31 Å². The Morgan fingerprint density at radius 1 is 0.882 bits per heavy atom. The van der Waals surface area contributed by atoms with Gasteiger partial charge in [0, 0.05) is 24.2 Å². The second-order valence-electron chi connectivity index (χ2n) is 7.80. The molecule has 3 rings (SSSR count). The van der Waals surface area contributed by atoms with Crippen molar-refractivity contribution in [3.05, 3.63) is 88.4 Å². The van der Waals surface area contributed by atoms with Crippen molar-refractivity contribution < 1.29 is 22.7 Å². The monoisotopic (exact) mass is 502 g/mol. The Bertz CT molecular complexity index is 1260. The fourth-order valence-electron chi connectivity index (χ4n) is 3.49. The van der Waals surface area contributed by atoms with E-state index in [9.17, 15) is 13.2 Å². The second-order valence-corrected chi connectivity index (χ2v) is 10.1. The highest BCUT2D eigenvalue weighted by Gasteiger charge is 2.19. The molecule has 0 N–H and O–H groups in total. The summed E-state index contributed by atoms with van der Waals surface area (Å²) in [6, 6.07) is 19.1. The quantitative estimate of drug-likeness (QED) is 0.427. The molecule has 180 valence electrons. The Morgan fingerprint density at radius 3 is 2.12 bits per heavy atom. The number of benzene rings is 3. The number of sulfonamides is 1. The van der Waals surface area contributed by atoms with E-state index in [-0.39, 0.29) is 12.5 Å². The number of hydrogen-bond acceptors (Lipinski definition) is 5. The van der Waals surface area contributed by atoms with Gasteiger partial charge in [0.2, 0.25) is 10.0 Å². The van der Waals surface area contributed by atoms with Gasteiger partial charge in [0.25, 0.3) is 5.91 Å². The lowest BCUT2D eigenvalue weighted by Crippen LogP contribution is -2.29. The Hall–Kier alpha value is -3.23. The maximum Gasteiger partial charge on any atom is 0.253 e. The average Bonchev–Trinajstić information content (AvgIpc) is 2.81. The zero-order chi connectivity index (χ0) is 24.9. The molecule has 0 bridgehead atoms. The molecule has 0 spiro atoms. The fourth-order valence-corrected chi connectivity index (χ4v) is 4.56. The largest absolute Gasteiger partial charge is 0.493 e. The van der Waals surface area contributed by atoms with Gasteiger partial charge in [0.05, 0.1) is 32.7 Å². The molecule has 0 aromatic heterocycles. The van der Waals surface area contributed by atoms with Crippen LogP contribution < -0.4 is 13.8 Å². The number of rotatable bonds is 9. The molecule has 0 aliphatic carbocycles. The highest BCUT2D eigenvalue weighted by molar-refractivity contribution is 7.92. The van der Waals surface area contributed by atoms with Crippen LogP contribution >= 0.6 is 11.6 Å². The van der Waals surface area contributed by atoms with Crippen molar-refractivity contribution in [2.24, 2.45) is 0 Å². The summed E-state index contributed by atoms with van der Waals surface area (Å²) in [6.07, 6.45) is 1.15. The molecule has 0 aliphatic heterocycles. The predicted molar refractivity (Wildman–Crippen MR) is 134 cm³/mol. The first-order chi connectivity index (χ1) is 16.1. The topological polar surface area (TPSA) is 76.2 Å². The van der Waals surface area contributed by atoms with Gasteiger partial charge < -0.3 is 14.4 Å². The molecule has 7 nitrogen and oxygen atoms in total. The van der Waals surface area contributed by atoms with Crippen LogP contribution in [0.3, 0.4) is 0 Å². The van der Waals surface area contributed by atoms with Crippen LogP contribution in [0.25, 0.3) is 0 Å². The molecule has 0 unspecified atom stereocenters. The molecule has 34 heavy (non-hydrogen) atoms. The number of ether oxygens (including phenoxy) is 2. The van der Waals surface area contributed by atoms with Crippen LogP contribution in [0.15, 0.2) is 66.7 Å². The molecule has 1 amide bonds. The Kier molecular flexibility index (Phi) is 8.06. The lowest BCUT2D eigenvalue weighted by molar-refractivity contribution is 0.0785. The van der Waals surface area contributed by atoms with E-state index in [1.54, 1.807) is 80.8 Å². The van der Waals surface area contributed by atoms with Gasteiger partial charge in [-0.3, -0.25) is 9.10 Å². The lowest BCUT2D eigenvalue weighted by atomic mass is 10.1. The number of hydrogen-bond donors (Lipinski definition) is 0. The number of carbonyl (C=O) groups is 1. The summed E-state index contributed by atoms with van der Waals surface area (Å²) in [5.41, 5.74) is 2.62. The summed E-state index contributed by atoms with van der Waals surface area (Å²) in [5.74, 6) is 1.06. The van der Waals surface area contributed by atoms with Crippen LogP contribution in [0.1, 0.15) is 21.5 Å².